The molecule has 0 saturated heterocycles. The highest BCUT2D eigenvalue weighted by Gasteiger charge is 2.31. The summed E-state index contributed by atoms with van der Waals surface area (Å²) in [6.45, 7) is 0.923. The van der Waals surface area contributed by atoms with Crippen molar-refractivity contribution in [2.24, 2.45) is 5.41 Å². The van der Waals surface area contributed by atoms with Gasteiger partial charge < -0.3 is 20.5 Å². The van der Waals surface area contributed by atoms with Gasteiger partial charge in [-0.3, -0.25) is 0 Å². The first kappa shape index (κ1) is 14.8. The summed E-state index contributed by atoms with van der Waals surface area (Å²) in [6, 6.07) is 0. The molecule has 0 aromatic carbocycles. The molecule has 6 nitrogen and oxygen atoms in total. The highest BCUT2D eigenvalue weighted by Crippen LogP contribution is 2.37. The standard InChI is InChI=1S/C14H24N4O2/c1-15-12-11(20-2)13(18-10-17-12)16-8-14(9-19)6-4-3-5-7-14/h10,19H,3-9H2,1-2H3,(H2,15,16,17,18). The number of nitrogens with zero attached hydrogens (tertiary/aromatic N) is 2. The summed E-state index contributed by atoms with van der Waals surface area (Å²) >= 11 is 0. The van der Waals surface area contributed by atoms with Crippen LogP contribution in [-0.2, 0) is 0 Å². The molecule has 0 aliphatic heterocycles. The SMILES string of the molecule is CNc1ncnc(NCC2(CO)CCCCC2)c1OC. The number of anilines is 2. The van der Waals surface area contributed by atoms with Crippen molar-refractivity contribution in [1.29, 1.82) is 0 Å². The summed E-state index contributed by atoms with van der Waals surface area (Å²) < 4.78 is 5.36. The molecule has 112 valence electrons. The van der Waals surface area contributed by atoms with Crippen LogP contribution in [0.3, 0.4) is 0 Å². The maximum absolute atomic E-state index is 9.73. The van der Waals surface area contributed by atoms with Crippen molar-refractivity contribution in [2.45, 2.75) is 32.1 Å². The van der Waals surface area contributed by atoms with E-state index in [9.17, 15) is 5.11 Å². The zero-order valence-electron chi connectivity index (χ0n) is 12.3. The number of hydrogen-bond donors (Lipinski definition) is 3. The van der Waals surface area contributed by atoms with Gasteiger partial charge in [0, 0.05) is 19.0 Å². The quantitative estimate of drug-likeness (QED) is 0.738. The Balaban J connectivity index is 2.09. The van der Waals surface area contributed by atoms with Crippen LogP contribution in [0.25, 0.3) is 0 Å². The fourth-order valence-corrected chi connectivity index (χ4v) is 2.83. The highest BCUT2D eigenvalue weighted by atomic mass is 16.5. The first-order valence-electron chi connectivity index (χ1n) is 7.16. The summed E-state index contributed by atoms with van der Waals surface area (Å²) in [7, 11) is 3.40. The van der Waals surface area contributed by atoms with Crippen LogP contribution in [0.1, 0.15) is 32.1 Å². The number of methoxy groups -OCH3 is 1. The Labute approximate surface area is 120 Å². The molecule has 0 atom stereocenters. The number of aliphatic hydroxyl groups is 1. The van der Waals surface area contributed by atoms with Crippen LogP contribution in [-0.4, -0.2) is 42.4 Å². The Morgan fingerprint density at radius 1 is 1.25 bits per heavy atom. The van der Waals surface area contributed by atoms with Gasteiger partial charge in [0.15, 0.2) is 11.6 Å². The van der Waals surface area contributed by atoms with E-state index in [0.717, 1.165) is 12.8 Å². The molecule has 0 amide bonds. The summed E-state index contributed by atoms with van der Waals surface area (Å²) in [6.07, 6.45) is 7.26. The van der Waals surface area contributed by atoms with Gasteiger partial charge in [0.1, 0.15) is 6.33 Å². The van der Waals surface area contributed by atoms with Crippen LogP contribution in [0.5, 0.6) is 5.75 Å². The van der Waals surface area contributed by atoms with E-state index < -0.39 is 0 Å². The van der Waals surface area contributed by atoms with Crippen LogP contribution in [0, 0.1) is 5.41 Å². The first-order chi connectivity index (χ1) is 9.74. The molecule has 0 radical (unpaired) electrons. The number of ether oxygens (including phenoxy) is 1. The predicted molar refractivity (Wildman–Crippen MR) is 79.2 cm³/mol. The molecule has 1 aromatic heterocycles. The molecule has 3 N–H and O–H groups in total. The molecule has 1 heterocycles. The second-order valence-corrected chi connectivity index (χ2v) is 5.43. The van der Waals surface area contributed by atoms with E-state index in [2.05, 4.69) is 20.6 Å². The van der Waals surface area contributed by atoms with Gasteiger partial charge in [-0.15, -0.1) is 0 Å². The lowest BCUT2D eigenvalue weighted by Crippen LogP contribution is -2.35. The molecule has 1 saturated carbocycles. The summed E-state index contributed by atoms with van der Waals surface area (Å²) in [4.78, 5) is 8.36. The summed E-state index contributed by atoms with van der Waals surface area (Å²) in [5.41, 5.74) is -0.0337. The Hall–Kier alpha value is -1.56. The van der Waals surface area contributed by atoms with E-state index in [1.807, 2.05) is 0 Å². The van der Waals surface area contributed by atoms with Crippen molar-refractivity contribution in [3.63, 3.8) is 0 Å². The van der Waals surface area contributed by atoms with Crippen LogP contribution >= 0.6 is 0 Å². The maximum Gasteiger partial charge on any atom is 0.204 e. The third-order valence-corrected chi connectivity index (χ3v) is 4.13. The number of nitrogens with one attached hydrogen (secondary N) is 2. The lowest BCUT2D eigenvalue weighted by molar-refractivity contribution is 0.0942. The van der Waals surface area contributed by atoms with E-state index in [-0.39, 0.29) is 12.0 Å². The van der Waals surface area contributed by atoms with Gasteiger partial charge in [0.2, 0.25) is 5.75 Å². The van der Waals surface area contributed by atoms with Gasteiger partial charge in [0.05, 0.1) is 13.7 Å². The average Bonchev–Trinajstić information content (AvgIpc) is 2.53. The number of aliphatic hydroxyl groups excluding tert-OH is 1. The Morgan fingerprint density at radius 2 is 1.95 bits per heavy atom. The third kappa shape index (κ3) is 3.12. The molecule has 0 bridgehead atoms. The molecule has 1 aliphatic rings. The topological polar surface area (TPSA) is 79.3 Å². The van der Waals surface area contributed by atoms with Crippen molar-refractivity contribution in [1.82, 2.24) is 9.97 Å². The van der Waals surface area contributed by atoms with E-state index in [0.29, 0.717) is 23.9 Å². The van der Waals surface area contributed by atoms with Crippen LogP contribution < -0.4 is 15.4 Å². The molecular weight excluding hydrogens is 256 g/mol. The lowest BCUT2D eigenvalue weighted by Gasteiger charge is -2.35. The normalized spacial score (nSPS) is 17.6. The maximum atomic E-state index is 9.73. The minimum Gasteiger partial charge on any atom is -0.490 e. The van der Waals surface area contributed by atoms with Gasteiger partial charge in [-0.25, -0.2) is 9.97 Å². The molecule has 1 aliphatic carbocycles. The van der Waals surface area contributed by atoms with Crippen molar-refractivity contribution < 1.29 is 9.84 Å². The second kappa shape index (κ2) is 6.74. The minimum atomic E-state index is -0.0337. The van der Waals surface area contributed by atoms with E-state index in [4.69, 9.17) is 4.74 Å². The monoisotopic (exact) mass is 280 g/mol. The zero-order valence-corrected chi connectivity index (χ0v) is 12.3. The molecule has 0 spiro atoms. The lowest BCUT2D eigenvalue weighted by atomic mass is 9.74. The van der Waals surface area contributed by atoms with Gasteiger partial charge >= 0.3 is 0 Å². The molecular formula is C14H24N4O2. The Bertz CT molecular complexity index is 433. The van der Waals surface area contributed by atoms with Crippen molar-refractivity contribution in [3.8, 4) is 5.75 Å². The number of hydrogen-bond acceptors (Lipinski definition) is 6. The molecule has 2 rings (SSSR count). The zero-order chi connectivity index (χ0) is 14.4. The third-order valence-electron chi connectivity index (χ3n) is 4.13. The molecule has 1 fully saturated rings. The molecule has 0 unspecified atom stereocenters. The Kier molecular flexibility index (Phi) is 5.00. The van der Waals surface area contributed by atoms with Crippen LogP contribution in [0.4, 0.5) is 11.6 Å². The Morgan fingerprint density at radius 3 is 2.55 bits per heavy atom. The van der Waals surface area contributed by atoms with Crippen molar-refractivity contribution in [2.75, 3.05) is 37.9 Å². The molecule has 20 heavy (non-hydrogen) atoms. The van der Waals surface area contributed by atoms with Crippen LogP contribution in [0.15, 0.2) is 6.33 Å². The minimum absolute atomic E-state index is 0.0337. The van der Waals surface area contributed by atoms with Gasteiger partial charge in [-0.1, -0.05) is 19.3 Å². The van der Waals surface area contributed by atoms with Crippen LogP contribution in [0.2, 0.25) is 0 Å². The van der Waals surface area contributed by atoms with Gasteiger partial charge in [0.25, 0.3) is 0 Å². The van der Waals surface area contributed by atoms with Crippen molar-refractivity contribution >= 4 is 11.6 Å². The summed E-state index contributed by atoms with van der Waals surface area (Å²) in [5, 5.41) is 16.0. The van der Waals surface area contributed by atoms with E-state index in [1.54, 1.807) is 14.2 Å². The fraction of sp³-hybridized carbons (Fsp3) is 0.714. The number of rotatable bonds is 6. The fourth-order valence-electron chi connectivity index (χ4n) is 2.83. The molecule has 1 aromatic rings. The van der Waals surface area contributed by atoms with Crippen molar-refractivity contribution in [3.05, 3.63) is 6.33 Å². The van der Waals surface area contributed by atoms with Gasteiger partial charge in [-0.2, -0.15) is 0 Å². The summed E-state index contributed by atoms with van der Waals surface area (Å²) in [5.74, 6) is 1.94. The first-order valence-corrected chi connectivity index (χ1v) is 7.16. The van der Waals surface area contributed by atoms with Gasteiger partial charge in [-0.05, 0) is 12.8 Å². The van der Waals surface area contributed by atoms with E-state index >= 15 is 0 Å². The second-order valence-electron chi connectivity index (χ2n) is 5.43. The number of aromatic nitrogens is 2. The van der Waals surface area contributed by atoms with E-state index in [1.165, 1.54) is 25.6 Å². The smallest absolute Gasteiger partial charge is 0.204 e. The average molecular weight is 280 g/mol. The molecule has 6 heteroatoms. The highest BCUT2D eigenvalue weighted by molar-refractivity contribution is 5.63. The largest absolute Gasteiger partial charge is 0.490 e. The predicted octanol–water partition coefficient (Wildman–Crippen LogP) is 1.88.